The van der Waals surface area contributed by atoms with E-state index in [0.29, 0.717) is 0 Å². The summed E-state index contributed by atoms with van der Waals surface area (Å²) in [5.41, 5.74) is 3.58. The van der Waals surface area contributed by atoms with E-state index >= 15 is 0 Å². The summed E-state index contributed by atoms with van der Waals surface area (Å²) in [5, 5.41) is 2.66. The Hall–Kier alpha value is -2.08. The molecule has 1 aliphatic rings. The average molecular weight is 322 g/mol. The van der Waals surface area contributed by atoms with Gasteiger partial charge in [0.25, 0.3) is 0 Å². The van der Waals surface area contributed by atoms with E-state index in [1.54, 1.807) is 12.1 Å². The van der Waals surface area contributed by atoms with Gasteiger partial charge in [-0.2, -0.15) is 13.2 Å². The molecule has 2 aromatic carbocycles. The van der Waals surface area contributed by atoms with Gasteiger partial charge in [0, 0.05) is 13.0 Å². The zero-order valence-corrected chi connectivity index (χ0v) is 12.7. The number of fused-ring (bicyclic) bond motifs is 1. The monoisotopic (exact) mass is 322 g/mol. The Morgan fingerprint density at radius 2 is 1.87 bits per heavy atom. The highest BCUT2D eigenvalue weighted by atomic mass is 19.4. The lowest BCUT2D eigenvalue weighted by Crippen LogP contribution is -2.43. The molecule has 6 heteroatoms. The summed E-state index contributed by atoms with van der Waals surface area (Å²) < 4.78 is 40.5. The highest BCUT2D eigenvalue weighted by Crippen LogP contribution is 2.38. The van der Waals surface area contributed by atoms with Gasteiger partial charge in [0.1, 0.15) is 6.04 Å². The third-order valence-corrected chi connectivity index (χ3v) is 4.12. The van der Waals surface area contributed by atoms with Gasteiger partial charge >= 0.3 is 6.18 Å². The molecule has 3 nitrogen and oxygen atoms in total. The van der Waals surface area contributed by atoms with Crippen molar-refractivity contribution in [2.75, 3.05) is 6.54 Å². The molecule has 0 spiro atoms. The van der Waals surface area contributed by atoms with Crippen LogP contribution in [0.2, 0.25) is 0 Å². The van der Waals surface area contributed by atoms with E-state index in [4.69, 9.17) is 0 Å². The molecule has 0 aromatic heterocycles. The molecule has 1 fully saturated rings. The number of carbonyl (C=O) groups is 1. The maximum Gasteiger partial charge on any atom is 0.409 e. The normalized spacial score (nSPS) is 17.5. The van der Waals surface area contributed by atoms with Crippen LogP contribution < -0.4 is 5.43 Å². The largest absolute Gasteiger partial charge is 0.409 e. The second-order valence-corrected chi connectivity index (χ2v) is 5.72. The number of nitrogens with one attached hydrogen (secondary N) is 1. The number of hydrogen-bond donors (Lipinski definition) is 1. The molecule has 1 heterocycles. The number of nitrogens with zero attached hydrogens (tertiary/aromatic N) is 1. The predicted octanol–water partition coefficient (Wildman–Crippen LogP) is 3.74. The lowest BCUT2D eigenvalue weighted by Gasteiger charge is -2.29. The van der Waals surface area contributed by atoms with Crippen LogP contribution in [0.4, 0.5) is 13.2 Å². The first-order valence-corrected chi connectivity index (χ1v) is 7.54. The molecule has 0 radical (unpaired) electrons. The van der Waals surface area contributed by atoms with Crippen molar-refractivity contribution in [1.29, 1.82) is 0 Å². The van der Waals surface area contributed by atoms with Crippen molar-refractivity contribution in [2.45, 2.75) is 32.0 Å². The Kier molecular flexibility index (Phi) is 4.02. The van der Waals surface area contributed by atoms with Crippen LogP contribution in [0.1, 0.15) is 30.5 Å². The van der Waals surface area contributed by atoms with Gasteiger partial charge in [-0.1, -0.05) is 37.3 Å². The quantitative estimate of drug-likeness (QED) is 0.933. The van der Waals surface area contributed by atoms with Crippen molar-refractivity contribution in [2.24, 2.45) is 0 Å². The van der Waals surface area contributed by atoms with E-state index in [-0.39, 0.29) is 24.4 Å². The van der Waals surface area contributed by atoms with Gasteiger partial charge in [-0.3, -0.25) is 10.2 Å². The molecule has 0 aliphatic carbocycles. The third-order valence-electron chi connectivity index (χ3n) is 4.12. The minimum absolute atomic E-state index is 0.0514. The number of rotatable bonds is 3. The Balaban J connectivity index is 2.02. The van der Waals surface area contributed by atoms with Crippen LogP contribution in [-0.4, -0.2) is 23.6 Å². The maximum absolute atomic E-state index is 13.5. The smallest absolute Gasteiger partial charge is 0.288 e. The Bertz CT molecular complexity index is 742. The second kappa shape index (κ2) is 5.85. The molecule has 122 valence electrons. The molecule has 3 rings (SSSR count). The number of carbonyl (C=O) groups excluding carboxylic acids is 1. The highest BCUT2D eigenvalue weighted by Gasteiger charge is 2.46. The van der Waals surface area contributed by atoms with Gasteiger partial charge in [0.05, 0.1) is 0 Å². The van der Waals surface area contributed by atoms with Crippen molar-refractivity contribution in [3.05, 3.63) is 47.5 Å². The lowest BCUT2D eigenvalue weighted by molar-refractivity contribution is -0.191. The molecule has 23 heavy (non-hydrogen) atoms. The molecule has 1 unspecified atom stereocenters. The molecule has 0 bridgehead atoms. The van der Waals surface area contributed by atoms with Gasteiger partial charge in [0.2, 0.25) is 5.91 Å². The van der Waals surface area contributed by atoms with Crippen molar-refractivity contribution in [3.8, 4) is 0 Å². The number of halogens is 3. The van der Waals surface area contributed by atoms with Crippen LogP contribution in [0.15, 0.2) is 36.4 Å². The van der Waals surface area contributed by atoms with Gasteiger partial charge in [-0.25, -0.2) is 5.01 Å². The second-order valence-electron chi connectivity index (χ2n) is 5.72. The van der Waals surface area contributed by atoms with Crippen molar-refractivity contribution >= 4 is 16.7 Å². The fraction of sp³-hybridized carbons (Fsp3) is 0.353. The Morgan fingerprint density at radius 3 is 2.48 bits per heavy atom. The van der Waals surface area contributed by atoms with Gasteiger partial charge in [-0.05, 0) is 34.4 Å². The lowest BCUT2D eigenvalue weighted by atomic mass is 9.99. The molecule has 1 saturated heterocycles. The third kappa shape index (κ3) is 3.17. The first kappa shape index (κ1) is 15.8. The summed E-state index contributed by atoms with van der Waals surface area (Å²) in [7, 11) is 0. The number of amides is 1. The van der Waals surface area contributed by atoms with E-state index < -0.39 is 12.2 Å². The zero-order valence-electron chi connectivity index (χ0n) is 12.7. The fourth-order valence-electron chi connectivity index (χ4n) is 2.94. The van der Waals surface area contributed by atoms with Gasteiger partial charge in [-0.15, -0.1) is 0 Å². The van der Waals surface area contributed by atoms with Crippen LogP contribution in [0.5, 0.6) is 0 Å². The number of hydrogen-bond acceptors (Lipinski definition) is 2. The minimum atomic E-state index is -4.46. The Labute approximate surface area is 132 Å². The Morgan fingerprint density at radius 1 is 1.17 bits per heavy atom. The summed E-state index contributed by atoms with van der Waals surface area (Å²) in [6, 6.07) is 8.67. The van der Waals surface area contributed by atoms with Gasteiger partial charge < -0.3 is 0 Å². The van der Waals surface area contributed by atoms with Crippen LogP contribution >= 0.6 is 0 Å². The molecule has 1 N–H and O–H groups in total. The number of hydrazine groups is 1. The summed E-state index contributed by atoms with van der Waals surface area (Å²) in [6.45, 7) is 2.08. The standard InChI is InChI=1S/C17H17F3N2O/c1-2-11-3-4-13-10-14(6-5-12(13)9-11)16(17(18,19)20)22-8-7-15(23)21-22/h3-6,9-10,16H,2,7-8H2,1H3,(H,21,23). The minimum Gasteiger partial charge on any atom is -0.288 e. The predicted molar refractivity (Wildman–Crippen MR) is 81.6 cm³/mol. The maximum atomic E-state index is 13.5. The number of aryl methyl sites for hydroxylation is 1. The summed E-state index contributed by atoms with van der Waals surface area (Å²) >= 11 is 0. The van der Waals surface area contributed by atoms with E-state index in [9.17, 15) is 18.0 Å². The van der Waals surface area contributed by atoms with Crippen LogP contribution in [0, 0.1) is 0 Å². The fourth-order valence-corrected chi connectivity index (χ4v) is 2.94. The molecule has 1 aliphatic heterocycles. The SMILES string of the molecule is CCc1ccc2cc(C(N3CCC(=O)N3)C(F)(F)F)ccc2c1. The molecular weight excluding hydrogens is 305 g/mol. The van der Waals surface area contributed by atoms with Crippen molar-refractivity contribution in [3.63, 3.8) is 0 Å². The average Bonchev–Trinajstić information content (AvgIpc) is 2.91. The van der Waals surface area contributed by atoms with E-state index in [1.807, 2.05) is 25.1 Å². The topological polar surface area (TPSA) is 32.3 Å². The molecule has 1 atom stereocenters. The van der Waals surface area contributed by atoms with E-state index in [2.05, 4.69) is 5.43 Å². The molecular formula is C17H17F3N2O. The van der Waals surface area contributed by atoms with Crippen molar-refractivity contribution in [1.82, 2.24) is 10.4 Å². The first-order valence-electron chi connectivity index (χ1n) is 7.54. The first-order chi connectivity index (χ1) is 10.9. The van der Waals surface area contributed by atoms with Crippen molar-refractivity contribution < 1.29 is 18.0 Å². The van der Waals surface area contributed by atoms with Gasteiger partial charge in [0.15, 0.2) is 0 Å². The van der Waals surface area contributed by atoms with E-state index in [1.165, 1.54) is 6.07 Å². The summed E-state index contributed by atoms with van der Waals surface area (Å²) in [5.74, 6) is -0.382. The van der Waals surface area contributed by atoms with E-state index in [0.717, 1.165) is 27.8 Å². The van der Waals surface area contributed by atoms with Crippen LogP contribution in [0.25, 0.3) is 10.8 Å². The number of alkyl halides is 3. The molecule has 1 amide bonds. The molecule has 0 saturated carbocycles. The van der Waals surface area contributed by atoms with Crippen LogP contribution in [0.3, 0.4) is 0 Å². The summed E-state index contributed by atoms with van der Waals surface area (Å²) in [6.07, 6.45) is -3.50. The highest BCUT2D eigenvalue weighted by molar-refractivity contribution is 5.84. The number of benzene rings is 2. The zero-order chi connectivity index (χ0) is 16.6. The molecule has 2 aromatic rings. The van der Waals surface area contributed by atoms with Crippen LogP contribution in [-0.2, 0) is 11.2 Å². The summed E-state index contributed by atoms with van der Waals surface area (Å²) in [4.78, 5) is 11.3.